The Balaban J connectivity index is 1.52. The number of hydrogen-bond acceptors (Lipinski definition) is 6. The molecule has 0 bridgehead atoms. The summed E-state index contributed by atoms with van der Waals surface area (Å²) < 4.78 is 16.0. The van der Waals surface area contributed by atoms with Gasteiger partial charge in [0.2, 0.25) is 5.89 Å². The van der Waals surface area contributed by atoms with E-state index >= 15 is 0 Å². The fraction of sp³-hybridized carbons (Fsp3) is 0.150. The van der Waals surface area contributed by atoms with E-state index in [1.165, 1.54) is 6.08 Å². The molecular weight excluding hydrogens is 332 g/mol. The average molecular weight is 350 g/mol. The molecule has 3 aromatic rings. The van der Waals surface area contributed by atoms with E-state index < -0.39 is 5.97 Å². The lowest BCUT2D eigenvalue weighted by atomic mass is 10.2. The van der Waals surface area contributed by atoms with Crippen molar-refractivity contribution < 1.29 is 18.7 Å². The number of benzene rings is 2. The maximum absolute atomic E-state index is 11.8. The quantitative estimate of drug-likeness (QED) is 0.475. The number of carbonyl (C=O) groups is 1. The Morgan fingerprint density at radius 2 is 1.85 bits per heavy atom. The highest BCUT2D eigenvalue weighted by molar-refractivity contribution is 5.87. The molecule has 0 spiro atoms. The summed E-state index contributed by atoms with van der Waals surface area (Å²) in [5, 5.41) is 7.82. The topological polar surface area (TPSA) is 74.5 Å². The minimum absolute atomic E-state index is 0.0771. The van der Waals surface area contributed by atoms with Crippen LogP contribution in [-0.4, -0.2) is 22.8 Å². The molecule has 0 saturated carbocycles. The van der Waals surface area contributed by atoms with E-state index in [9.17, 15) is 4.79 Å². The van der Waals surface area contributed by atoms with Crippen molar-refractivity contribution in [1.82, 2.24) is 10.2 Å². The molecule has 6 heteroatoms. The molecule has 1 aromatic heterocycles. The van der Waals surface area contributed by atoms with Crippen LogP contribution in [0.25, 0.3) is 17.5 Å². The molecule has 0 aliphatic heterocycles. The second-order valence-corrected chi connectivity index (χ2v) is 5.31. The van der Waals surface area contributed by atoms with Crippen LogP contribution in [0.4, 0.5) is 0 Å². The Labute approximate surface area is 151 Å². The van der Waals surface area contributed by atoms with Gasteiger partial charge in [0, 0.05) is 11.6 Å². The van der Waals surface area contributed by atoms with Gasteiger partial charge in [0.05, 0.1) is 6.61 Å². The molecule has 132 valence electrons. The van der Waals surface area contributed by atoms with Crippen LogP contribution in [0.15, 0.2) is 65.1 Å². The third-order valence-corrected chi connectivity index (χ3v) is 3.43. The molecule has 0 fully saturated rings. The first-order valence-corrected chi connectivity index (χ1v) is 8.20. The van der Waals surface area contributed by atoms with E-state index in [0.717, 1.165) is 16.9 Å². The van der Waals surface area contributed by atoms with Crippen molar-refractivity contribution in [3.63, 3.8) is 0 Å². The highest BCUT2D eigenvalue weighted by Gasteiger charge is 2.09. The zero-order valence-electron chi connectivity index (χ0n) is 14.3. The maximum Gasteiger partial charge on any atom is 0.331 e. The largest absolute Gasteiger partial charge is 0.494 e. The lowest BCUT2D eigenvalue weighted by Gasteiger charge is -2.02. The van der Waals surface area contributed by atoms with Crippen LogP contribution in [0, 0.1) is 0 Å². The lowest BCUT2D eigenvalue weighted by Crippen LogP contribution is -2.00. The third-order valence-electron chi connectivity index (χ3n) is 3.43. The summed E-state index contributed by atoms with van der Waals surface area (Å²) in [4.78, 5) is 11.8. The minimum Gasteiger partial charge on any atom is -0.494 e. The van der Waals surface area contributed by atoms with Crippen LogP contribution >= 0.6 is 0 Å². The molecule has 0 unspecified atom stereocenters. The molecule has 26 heavy (non-hydrogen) atoms. The van der Waals surface area contributed by atoms with E-state index in [2.05, 4.69) is 10.2 Å². The van der Waals surface area contributed by atoms with Crippen LogP contribution in [0.2, 0.25) is 0 Å². The molecular formula is C20H18N2O4. The third kappa shape index (κ3) is 4.80. The molecule has 0 aliphatic carbocycles. The lowest BCUT2D eigenvalue weighted by molar-refractivity contribution is -0.139. The monoisotopic (exact) mass is 350 g/mol. The zero-order valence-corrected chi connectivity index (χ0v) is 14.3. The zero-order chi connectivity index (χ0) is 18.2. The van der Waals surface area contributed by atoms with Gasteiger partial charge in [-0.25, -0.2) is 4.79 Å². The van der Waals surface area contributed by atoms with Gasteiger partial charge in [-0.05, 0) is 42.8 Å². The van der Waals surface area contributed by atoms with Gasteiger partial charge in [-0.2, -0.15) is 0 Å². The Hall–Kier alpha value is -3.41. The normalized spacial score (nSPS) is 10.8. The molecule has 0 radical (unpaired) electrons. The van der Waals surface area contributed by atoms with E-state index in [4.69, 9.17) is 13.9 Å². The summed E-state index contributed by atoms with van der Waals surface area (Å²) >= 11 is 0. The molecule has 2 aromatic carbocycles. The summed E-state index contributed by atoms with van der Waals surface area (Å²) in [6.07, 6.45) is 3.02. The summed E-state index contributed by atoms with van der Waals surface area (Å²) in [6.45, 7) is 2.46. The molecule has 0 saturated heterocycles. The number of carbonyl (C=O) groups excluding carboxylic acids is 1. The average Bonchev–Trinajstić information content (AvgIpc) is 3.16. The number of esters is 1. The van der Waals surface area contributed by atoms with E-state index in [1.807, 2.05) is 61.5 Å². The van der Waals surface area contributed by atoms with E-state index in [1.54, 1.807) is 6.08 Å². The summed E-state index contributed by atoms with van der Waals surface area (Å²) in [6, 6.07) is 16.8. The van der Waals surface area contributed by atoms with Crippen molar-refractivity contribution in [2.45, 2.75) is 13.5 Å². The Morgan fingerprint density at radius 3 is 2.58 bits per heavy atom. The highest BCUT2D eigenvalue weighted by Crippen LogP contribution is 2.17. The highest BCUT2D eigenvalue weighted by atomic mass is 16.5. The first kappa shape index (κ1) is 17.4. The van der Waals surface area contributed by atoms with Crippen molar-refractivity contribution in [3.05, 3.63) is 72.1 Å². The van der Waals surface area contributed by atoms with Gasteiger partial charge in [-0.3, -0.25) is 0 Å². The molecule has 0 aliphatic rings. The van der Waals surface area contributed by atoms with E-state index in [0.29, 0.717) is 12.5 Å². The SMILES string of the molecule is CCOc1ccc(C=CC(=O)OCc2nnc(-c3ccccc3)o2)cc1. The number of nitrogens with zero attached hydrogens (tertiary/aromatic N) is 2. The van der Waals surface area contributed by atoms with Crippen LogP contribution in [0.1, 0.15) is 18.4 Å². The van der Waals surface area contributed by atoms with Crippen LogP contribution in [0.3, 0.4) is 0 Å². The van der Waals surface area contributed by atoms with Gasteiger partial charge in [-0.1, -0.05) is 30.3 Å². The second kappa shape index (κ2) is 8.62. The second-order valence-electron chi connectivity index (χ2n) is 5.31. The molecule has 0 N–H and O–H groups in total. The predicted octanol–water partition coefficient (Wildman–Crippen LogP) is 3.89. The smallest absolute Gasteiger partial charge is 0.331 e. The molecule has 1 heterocycles. The van der Waals surface area contributed by atoms with Crippen molar-refractivity contribution >= 4 is 12.0 Å². The van der Waals surface area contributed by atoms with Crippen molar-refractivity contribution in [2.75, 3.05) is 6.61 Å². The number of rotatable bonds is 7. The molecule has 0 amide bonds. The first-order chi connectivity index (χ1) is 12.7. The Bertz CT molecular complexity index is 870. The Kier molecular flexibility index (Phi) is 5.77. The molecule has 6 nitrogen and oxygen atoms in total. The number of ether oxygens (including phenoxy) is 2. The minimum atomic E-state index is -0.488. The molecule has 0 atom stereocenters. The van der Waals surface area contributed by atoms with E-state index in [-0.39, 0.29) is 12.5 Å². The maximum atomic E-state index is 11.8. The van der Waals surface area contributed by atoms with Gasteiger partial charge < -0.3 is 13.9 Å². The van der Waals surface area contributed by atoms with Gasteiger partial charge in [-0.15, -0.1) is 10.2 Å². The fourth-order valence-electron chi connectivity index (χ4n) is 2.20. The van der Waals surface area contributed by atoms with Crippen LogP contribution in [-0.2, 0) is 16.1 Å². The number of hydrogen-bond donors (Lipinski definition) is 0. The van der Waals surface area contributed by atoms with Crippen LogP contribution in [0.5, 0.6) is 5.75 Å². The van der Waals surface area contributed by atoms with Gasteiger partial charge in [0.15, 0.2) is 6.61 Å². The van der Waals surface area contributed by atoms with Crippen molar-refractivity contribution in [3.8, 4) is 17.2 Å². The predicted molar refractivity (Wildman–Crippen MR) is 96.2 cm³/mol. The van der Waals surface area contributed by atoms with Gasteiger partial charge in [0.1, 0.15) is 5.75 Å². The summed E-state index contributed by atoms with van der Waals surface area (Å²) in [7, 11) is 0. The summed E-state index contributed by atoms with van der Waals surface area (Å²) in [5.41, 5.74) is 1.68. The summed E-state index contributed by atoms with van der Waals surface area (Å²) in [5.74, 6) is 0.935. The van der Waals surface area contributed by atoms with Crippen molar-refractivity contribution in [2.24, 2.45) is 0 Å². The molecule has 3 rings (SSSR count). The Morgan fingerprint density at radius 1 is 1.08 bits per heavy atom. The van der Waals surface area contributed by atoms with Crippen LogP contribution < -0.4 is 4.74 Å². The first-order valence-electron chi connectivity index (χ1n) is 8.20. The number of aromatic nitrogens is 2. The van der Waals surface area contributed by atoms with Gasteiger partial charge >= 0.3 is 5.97 Å². The van der Waals surface area contributed by atoms with Gasteiger partial charge in [0.25, 0.3) is 5.89 Å². The fourth-order valence-corrected chi connectivity index (χ4v) is 2.20. The standard InChI is InChI=1S/C20H18N2O4/c1-2-24-17-11-8-15(9-12-17)10-13-19(23)25-14-18-21-22-20(26-18)16-6-4-3-5-7-16/h3-13H,2,14H2,1H3. The van der Waals surface area contributed by atoms with Crippen molar-refractivity contribution in [1.29, 1.82) is 0 Å².